The molecule has 0 aliphatic heterocycles. The minimum Gasteiger partial charge on any atom is -0.493 e. The molecule has 0 spiro atoms. The molecule has 1 aliphatic rings. The van der Waals surface area contributed by atoms with Crippen LogP contribution in [0.3, 0.4) is 0 Å². The highest BCUT2D eigenvalue weighted by molar-refractivity contribution is 6.31. The maximum atomic E-state index is 11.4. The van der Waals surface area contributed by atoms with Crippen LogP contribution < -0.4 is 9.47 Å². The van der Waals surface area contributed by atoms with E-state index in [4.69, 9.17) is 21.1 Å². The first-order valence-corrected chi connectivity index (χ1v) is 7.70. The van der Waals surface area contributed by atoms with E-state index in [1.165, 1.54) is 19.6 Å². The van der Waals surface area contributed by atoms with Crippen molar-refractivity contribution in [1.82, 2.24) is 0 Å². The van der Waals surface area contributed by atoms with Gasteiger partial charge in [0.25, 0.3) is 0 Å². The van der Waals surface area contributed by atoms with E-state index in [2.05, 4.69) is 6.92 Å². The van der Waals surface area contributed by atoms with Gasteiger partial charge in [-0.05, 0) is 31.2 Å². The lowest BCUT2D eigenvalue weighted by Gasteiger charge is -2.29. The van der Waals surface area contributed by atoms with Gasteiger partial charge in [-0.1, -0.05) is 31.4 Å². The van der Waals surface area contributed by atoms with Gasteiger partial charge in [-0.3, -0.25) is 0 Å². The maximum absolute atomic E-state index is 11.4. The Balaban J connectivity index is 2.27. The summed E-state index contributed by atoms with van der Waals surface area (Å²) in [4.78, 5) is 11.4. The van der Waals surface area contributed by atoms with Crippen LogP contribution in [0.5, 0.6) is 11.5 Å². The van der Waals surface area contributed by atoms with E-state index < -0.39 is 5.97 Å². The molecule has 1 saturated carbocycles. The van der Waals surface area contributed by atoms with E-state index in [-0.39, 0.29) is 17.4 Å². The third-order valence-electron chi connectivity index (χ3n) is 4.07. The minimum atomic E-state index is -1.06. The molecule has 1 N–H and O–H groups in total. The van der Waals surface area contributed by atoms with Crippen molar-refractivity contribution < 1.29 is 19.4 Å². The number of aromatic carboxylic acids is 1. The van der Waals surface area contributed by atoms with Crippen LogP contribution in [0.15, 0.2) is 12.1 Å². The van der Waals surface area contributed by atoms with Gasteiger partial charge in [0, 0.05) is 11.1 Å². The second-order valence-corrected chi connectivity index (χ2v) is 5.91. The number of hydrogen-bond acceptors (Lipinski definition) is 3. The van der Waals surface area contributed by atoms with Gasteiger partial charge in [0.1, 0.15) is 5.56 Å². The average molecular weight is 313 g/mol. The van der Waals surface area contributed by atoms with Crippen LogP contribution in [0.25, 0.3) is 0 Å². The second kappa shape index (κ2) is 7.03. The predicted molar refractivity (Wildman–Crippen MR) is 81.6 cm³/mol. The van der Waals surface area contributed by atoms with Crippen molar-refractivity contribution in [1.29, 1.82) is 0 Å². The summed E-state index contributed by atoms with van der Waals surface area (Å²) in [5.74, 6) is 0.249. The summed E-state index contributed by atoms with van der Waals surface area (Å²) in [6, 6.07) is 2.99. The lowest BCUT2D eigenvalue weighted by molar-refractivity contribution is 0.0679. The van der Waals surface area contributed by atoms with E-state index >= 15 is 0 Å². The molecule has 0 radical (unpaired) electrons. The second-order valence-electron chi connectivity index (χ2n) is 5.47. The van der Waals surface area contributed by atoms with Crippen LogP contribution in [0.1, 0.15) is 49.4 Å². The van der Waals surface area contributed by atoms with Crippen molar-refractivity contribution >= 4 is 17.6 Å². The van der Waals surface area contributed by atoms with Gasteiger partial charge in [0.2, 0.25) is 0 Å². The first-order valence-electron chi connectivity index (χ1n) is 7.32. The van der Waals surface area contributed by atoms with E-state index in [1.807, 2.05) is 0 Å². The van der Waals surface area contributed by atoms with E-state index in [9.17, 15) is 9.90 Å². The Morgan fingerprint density at radius 3 is 2.81 bits per heavy atom. The molecule has 1 fully saturated rings. The van der Waals surface area contributed by atoms with Crippen molar-refractivity contribution in [2.24, 2.45) is 5.92 Å². The standard InChI is InChI=1S/C16H21ClO4/c1-3-10-5-4-6-12(7-10)21-15-13(16(18)19)8-11(17)9-14(15)20-2/h8-10,12H,3-7H2,1-2H3,(H,18,19). The molecule has 5 heteroatoms. The van der Waals surface area contributed by atoms with Crippen molar-refractivity contribution in [3.8, 4) is 11.5 Å². The summed E-state index contributed by atoms with van der Waals surface area (Å²) in [6.45, 7) is 2.18. The number of benzene rings is 1. The monoisotopic (exact) mass is 312 g/mol. The number of methoxy groups -OCH3 is 1. The average Bonchev–Trinajstić information content (AvgIpc) is 2.48. The number of carboxylic acids is 1. The largest absolute Gasteiger partial charge is 0.493 e. The van der Waals surface area contributed by atoms with Gasteiger partial charge >= 0.3 is 5.97 Å². The summed E-state index contributed by atoms with van der Waals surface area (Å²) in [5, 5.41) is 9.67. The van der Waals surface area contributed by atoms with Crippen LogP contribution >= 0.6 is 11.6 Å². The van der Waals surface area contributed by atoms with Crippen molar-refractivity contribution in [2.75, 3.05) is 7.11 Å². The van der Waals surface area contributed by atoms with Crippen LogP contribution in [-0.2, 0) is 0 Å². The highest BCUT2D eigenvalue weighted by Crippen LogP contribution is 2.38. The number of carboxylic acid groups (broad SMARTS) is 1. The van der Waals surface area contributed by atoms with Gasteiger partial charge in [0.15, 0.2) is 11.5 Å². The predicted octanol–water partition coefficient (Wildman–Crippen LogP) is 4.39. The number of rotatable bonds is 5. The normalized spacial score (nSPS) is 21.9. The van der Waals surface area contributed by atoms with Crippen LogP contribution in [0.4, 0.5) is 0 Å². The molecule has 2 unspecified atom stereocenters. The van der Waals surface area contributed by atoms with Gasteiger partial charge in [-0.2, -0.15) is 0 Å². The summed E-state index contributed by atoms with van der Waals surface area (Å²) in [7, 11) is 1.49. The molecule has 2 rings (SSSR count). The molecule has 4 nitrogen and oxygen atoms in total. The molecule has 21 heavy (non-hydrogen) atoms. The zero-order valence-corrected chi connectivity index (χ0v) is 13.2. The Hall–Kier alpha value is -1.42. The van der Waals surface area contributed by atoms with E-state index in [0.717, 1.165) is 25.7 Å². The summed E-state index contributed by atoms with van der Waals surface area (Å²) in [6.07, 6.45) is 5.41. The van der Waals surface area contributed by atoms with Crippen LogP contribution in [0, 0.1) is 5.92 Å². The Morgan fingerprint density at radius 1 is 1.43 bits per heavy atom. The number of carbonyl (C=O) groups is 1. The van der Waals surface area contributed by atoms with Gasteiger partial charge in [0.05, 0.1) is 13.2 Å². The first-order chi connectivity index (χ1) is 10.0. The molecule has 1 aromatic carbocycles. The summed E-state index contributed by atoms with van der Waals surface area (Å²) in [5.41, 5.74) is 0.0537. The topological polar surface area (TPSA) is 55.8 Å². The fourth-order valence-electron chi connectivity index (χ4n) is 2.89. The molecule has 0 heterocycles. The Labute approximate surface area is 130 Å². The Bertz CT molecular complexity index is 515. The van der Waals surface area contributed by atoms with Crippen LogP contribution in [-0.4, -0.2) is 24.3 Å². The molecule has 1 aliphatic carbocycles. The fraction of sp³-hybridized carbons (Fsp3) is 0.562. The third kappa shape index (κ3) is 3.82. The highest BCUT2D eigenvalue weighted by atomic mass is 35.5. The Kier molecular flexibility index (Phi) is 5.34. The van der Waals surface area contributed by atoms with E-state index in [0.29, 0.717) is 16.7 Å². The summed E-state index contributed by atoms with van der Waals surface area (Å²) < 4.78 is 11.2. The fourth-order valence-corrected chi connectivity index (χ4v) is 3.10. The van der Waals surface area contributed by atoms with Crippen LogP contribution in [0.2, 0.25) is 5.02 Å². The SMILES string of the molecule is CCC1CCCC(Oc2c(OC)cc(Cl)cc2C(=O)O)C1. The minimum absolute atomic E-state index is 0.0388. The molecular formula is C16H21ClO4. The summed E-state index contributed by atoms with van der Waals surface area (Å²) >= 11 is 5.93. The zero-order chi connectivity index (χ0) is 15.4. The lowest BCUT2D eigenvalue weighted by atomic mass is 9.85. The first kappa shape index (κ1) is 16.0. The number of ether oxygens (including phenoxy) is 2. The highest BCUT2D eigenvalue weighted by Gasteiger charge is 2.26. The van der Waals surface area contributed by atoms with Crippen molar-refractivity contribution in [3.63, 3.8) is 0 Å². The van der Waals surface area contributed by atoms with Gasteiger partial charge in [-0.25, -0.2) is 4.79 Å². The number of halogens is 1. The van der Waals surface area contributed by atoms with Crippen molar-refractivity contribution in [3.05, 3.63) is 22.7 Å². The molecule has 0 bridgehead atoms. The molecule has 0 aromatic heterocycles. The molecule has 2 atom stereocenters. The van der Waals surface area contributed by atoms with E-state index in [1.54, 1.807) is 6.07 Å². The molecule has 116 valence electrons. The third-order valence-corrected chi connectivity index (χ3v) is 4.28. The molecular weight excluding hydrogens is 292 g/mol. The smallest absolute Gasteiger partial charge is 0.339 e. The van der Waals surface area contributed by atoms with Crippen molar-refractivity contribution in [2.45, 2.75) is 45.1 Å². The molecule has 0 saturated heterocycles. The van der Waals surface area contributed by atoms with Gasteiger partial charge < -0.3 is 14.6 Å². The molecule has 1 aromatic rings. The van der Waals surface area contributed by atoms with Gasteiger partial charge in [-0.15, -0.1) is 0 Å². The zero-order valence-electron chi connectivity index (χ0n) is 12.4. The lowest BCUT2D eigenvalue weighted by Crippen LogP contribution is -2.26. The quantitative estimate of drug-likeness (QED) is 0.875. The Morgan fingerprint density at radius 2 is 2.19 bits per heavy atom. The number of hydrogen-bond donors (Lipinski definition) is 1. The maximum Gasteiger partial charge on any atom is 0.339 e. The molecule has 0 amide bonds.